The van der Waals surface area contributed by atoms with Crippen molar-refractivity contribution in [2.45, 2.75) is 96.5 Å². The van der Waals surface area contributed by atoms with E-state index in [1.165, 1.54) is 36.7 Å². The molecule has 5 heteroatoms. The second-order valence-corrected chi connectivity index (χ2v) is 14.5. The van der Waals surface area contributed by atoms with Gasteiger partial charge in [-0.25, -0.2) is 8.42 Å². The number of aliphatic hydroxyl groups is 2. The fourth-order valence-electron chi connectivity index (χ4n) is 6.33. The molecule has 0 aromatic rings. The summed E-state index contributed by atoms with van der Waals surface area (Å²) in [6.45, 7) is 13.9. The molecule has 2 unspecified atom stereocenters. The van der Waals surface area contributed by atoms with Gasteiger partial charge in [0.2, 0.25) is 0 Å². The highest BCUT2D eigenvalue weighted by Gasteiger charge is 2.50. The number of aliphatic hydroxyl groups excluding tert-OH is 2. The molecule has 0 heterocycles. The van der Waals surface area contributed by atoms with Crippen LogP contribution < -0.4 is 0 Å². The lowest BCUT2D eigenvalue weighted by Crippen LogP contribution is -2.35. The zero-order valence-electron chi connectivity index (χ0n) is 21.6. The van der Waals surface area contributed by atoms with Gasteiger partial charge in [0.15, 0.2) is 9.84 Å². The third kappa shape index (κ3) is 5.68. The van der Waals surface area contributed by atoms with Crippen LogP contribution in [-0.4, -0.2) is 35.6 Å². The first-order valence-electron chi connectivity index (χ1n) is 12.8. The summed E-state index contributed by atoms with van der Waals surface area (Å²) >= 11 is 0. The molecule has 34 heavy (non-hydrogen) atoms. The molecule has 3 rings (SSSR count). The molecule has 0 amide bonds. The lowest BCUT2D eigenvalue weighted by Gasteiger charge is -2.44. The van der Waals surface area contributed by atoms with Gasteiger partial charge in [-0.1, -0.05) is 56.4 Å². The Morgan fingerprint density at radius 3 is 2.53 bits per heavy atom. The third-order valence-corrected chi connectivity index (χ3v) is 10.8. The molecular weight excluding hydrogens is 444 g/mol. The molecule has 0 bridgehead atoms. The predicted molar refractivity (Wildman–Crippen MR) is 141 cm³/mol. The Hall–Kier alpha value is -1.43. The summed E-state index contributed by atoms with van der Waals surface area (Å²) in [6, 6.07) is 0. The van der Waals surface area contributed by atoms with E-state index in [9.17, 15) is 18.6 Å². The Morgan fingerprint density at radius 1 is 1.15 bits per heavy atom. The molecular formula is C29H44O4S. The number of hydrogen-bond donors (Lipinski definition) is 2. The van der Waals surface area contributed by atoms with Crippen molar-refractivity contribution in [2.24, 2.45) is 23.2 Å². The first-order valence-corrected chi connectivity index (χ1v) is 14.4. The number of allylic oxidation sites excluding steroid dienone is 6. The van der Waals surface area contributed by atoms with Crippen LogP contribution in [-0.2, 0) is 9.84 Å². The molecule has 0 aromatic carbocycles. The lowest BCUT2D eigenvalue weighted by molar-refractivity contribution is 0.0862. The molecule has 6 atom stereocenters. The molecule has 0 radical (unpaired) electrons. The summed E-state index contributed by atoms with van der Waals surface area (Å²) in [4.78, 5) is 0. The van der Waals surface area contributed by atoms with Gasteiger partial charge in [0, 0.05) is 11.8 Å². The van der Waals surface area contributed by atoms with Gasteiger partial charge in [0.25, 0.3) is 0 Å². The molecule has 3 aliphatic carbocycles. The average Bonchev–Trinajstić information content (AvgIpc) is 3.09. The third-order valence-electron chi connectivity index (χ3n) is 8.57. The van der Waals surface area contributed by atoms with Crippen molar-refractivity contribution in [1.29, 1.82) is 0 Å². The Kier molecular flexibility index (Phi) is 8.21. The van der Waals surface area contributed by atoms with Gasteiger partial charge in [0.1, 0.15) is 0 Å². The van der Waals surface area contributed by atoms with Crippen LogP contribution in [0.15, 0.2) is 59.1 Å². The highest BCUT2D eigenvalue weighted by atomic mass is 32.2. The predicted octanol–water partition coefficient (Wildman–Crippen LogP) is 6.05. The van der Waals surface area contributed by atoms with Crippen LogP contribution >= 0.6 is 0 Å². The summed E-state index contributed by atoms with van der Waals surface area (Å²) in [6.07, 6.45) is 15.7. The first kappa shape index (κ1) is 27.2. The van der Waals surface area contributed by atoms with Crippen LogP contribution in [0.2, 0.25) is 0 Å². The summed E-state index contributed by atoms with van der Waals surface area (Å²) in [5.41, 5.74) is 3.42. The van der Waals surface area contributed by atoms with E-state index in [4.69, 9.17) is 0 Å². The quantitative estimate of drug-likeness (QED) is 0.462. The van der Waals surface area contributed by atoms with Crippen molar-refractivity contribution in [3.63, 3.8) is 0 Å². The number of hydrogen-bond acceptors (Lipinski definition) is 4. The molecule has 0 aliphatic heterocycles. The fraction of sp³-hybridized carbons (Fsp3) is 0.655. The zero-order valence-corrected chi connectivity index (χ0v) is 22.4. The maximum absolute atomic E-state index is 12.3. The van der Waals surface area contributed by atoms with Gasteiger partial charge >= 0.3 is 0 Å². The monoisotopic (exact) mass is 488 g/mol. The maximum Gasteiger partial charge on any atom is 0.176 e. The van der Waals surface area contributed by atoms with E-state index in [-0.39, 0.29) is 5.41 Å². The van der Waals surface area contributed by atoms with Crippen molar-refractivity contribution < 1.29 is 18.6 Å². The van der Waals surface area contributed by atoms with E-state index in [2.05, 4.69) is 38.7 Å². The van der Waals surface area contributed by atoms with Gasteiger partial charge in [-0.05, 0) is 93.6 Å². The number of rotatable bonds is 5. The van der Waals surface area contributed by atoms with Crippen LogP contribution in [0, 0.1) is 23.2 Å². The van der Waals surface area contributed by atoms with E-state index in [1.807, 2.05) is 6.08 Å². The average molecular weight is 489 g/mol. The van der Waals surface area contributed by atoms with E-state index in [0.717, 1.165) is 17.6 Å². The van der Waals surface area contributed by atoms with Crippen molar-refractivity contribution in [1.82, 2.24) is 0 Å². The Bertz CT molecular complexity index is 992. The van der Waals surface area contributed by atoms with Crippen molar-refractivity contribution in [3.05, 3.63) is 59.1 Å². The standard InChI is InChI=1S/C29H44O4S/c1-20(10-7-8-17-34(32,33)28(3,4)5)25-14-15-26-22(11-9-16-29(25,26)6)12-13-23-18-24(30)19-27(31)21(23)2/h7-8,10,12-13,17,20,24-27,30-31H,2,9,11,14-16,18-19H2,1,3-6H3/t20-,24?,25-,26+,27?,29-/m1/s1. The normalized spacial score (nSPS) is 36.6. The number of fused-ring (bicyclic) bond motifs is 1. The van der Waals surface area contributed by atoms with E-state index < -0.39 is 26.8 Å². The van der Waals surface area contributed by atoms with Crippen molar-refractivity contribution in [3.8, 4) is 0 Å². The molecule has 0 saturated heterocycles. The fourth-order valence-corrected chi connectivity index (χ4v) is 7.04. The molecule has 2 N–H and O–H groups in total. The van der Waals surface area contributed by atoms with Crippen LogP contribution in [0.4, 0.5) is 0 Å². The Labute approximate surface area is 207 Å². The Balaban J connectivity index is 1.73. The molecule has 0 aromatic heterocycles. The zero-order chi connectivity index (χ0) is 25.3. The van der Waals surface area contributed by atoms with E-state index in [0.29, 0.717) is 30.6 Å². The SMILES string of the molecule is C=C1C(=CC=C2CCC[C@]3(C)[C@@H]([C@H](C)C=CC=CS(=O)(=O)C(C)(C)C)CC[C@@H]23)CC(O)CC1O. The molecule has 0 spiro atoms. The summed E-state index contributed by atoms with van der Waals surface area (Å²) in [7, 11) is -3.26. The minimum absolute atomic E-state index is 0.232. The largest absolute Gasteiger partial charge is 0.393 e. The van der Waals surface area contributed by atoms with E-state index >= 15 is 0 Å². The molecule has 4 nitrogen and oxygen atoms in total. The molecule has 3 saturated carbocycles. The van der Waals surface area contributed by atoms with Gasteiger partial charge in [-0.3, -0.25) is 0 Å². The second kappa shape index (κ2) is 10.3. The molecule has 3 aliphatic rings. The summed E-state index contributed by atoms with van der Waals surface area (Å²) in [5, 5.41) is 21.5. The minimum Gasteiger partial charge on any atom is -0.393 e. The molecule has 3 fully saturated rings. The van der Waals surface area contributed by atoms with Crippen LogP contribution in [0.3, 0.4) is 0 Å². The lowest BCUT2D eigenvalue weighted by atomic mass is 9.61. The van der Waals surface area contributed by atoms with Crippen molar-refractivity contribution in [2.75, 3.05) is 0 Å². The van der Waals surface area contributed by atoms with Crippen molar-refractivity contribution >= 4 is 9.84 Å². The first-order chi connectivity index (χ1) is 15.8. The minimum atomic E-state index is -3.26. The van der Waals surface area contributed by atoms with Crippen LogP contribution in [0.1, 0.15) is 79.6 Å². The highest BCUT2D eigenvalue weighted by molar-refractivity contribution is 7.95. The topological polar surface area (TPSA) is 74.6 Å². The molecule has 190 valence electrons. The van der Waals surface area contributed by atoms with Gasteiger partial charge in [-0.2, -0.15) is 0 Å². The smallest absolute Gasteiger partial charge is 0.176 e. The number of sulfone groups is 1. The van der Waals surface area contributed by atoms with Crippen LogP contribution in [0.5, 0.6) is 0 Å². The van der Waals surface area contributed by atoms with Gasteiger partial charge in [0.05, 0.1) is 17.0 Å². The second-order valence-electron chi connectivity index (χ2n) is 11.9. The summed E-state index contributed by atoms with van der Waals surface area (Å²) < 4.78 is 23.8. The Morgan fingerprint density at radius 2 is 1.85 bits per heavy atom. The maximum atomic E-state index is 12.3. The van der Waals surface area contributed by atoms with Crippen LogP contribution in [0.25, 0.3) is 0 Å². The highest BCUT2D eigenvalue weighted by Crippen LogP contribution is 2.59. The summed E-state index contributed by atoms with van der Waals surface area (Å²) in [5.74, 6) is 1.48. The van der Waals surface area contributed by atoms with Gasteiger partial charge in [-0.15, -0.1) is 0 Å². The van der Waals surface area contributed by atoms with E-state index in [1.54, 1.807) is 26.8 Å². The van der Waals surface area contributed by atoms with Gasteiger partial charge < -0.3 is 10.2 Å².